The Balaban J connectivity index is 2.49. The quantitative estimate of drug-likeness (QED) is 0.818. The molecule has 4 N–H and O–H groups in total. The Morgan fingerprint density at radius 1 is 1.12 bits per heavy atom. The summed E-state index contributed by atoms with van der Waals surface area (Å²) >= 11 is 0. The van der Waals surface area contributed by atoms with Gasteiger partial charge in [0.2, 0.25) is 5.95 Å². The third-order valence-electron chi connectivity index (χ3n) is 2.45. The van der Waals surface area contributed by atoms with E-state index in [0.717, 1.165) is 16.9 Å². The van der Waals surface area contributed by atoms with Crippen LogP contribution in [0.4, 0.5) is 11.8 Å². The second kappa shape index (κ2) is 4.29. The SMILES string of the molecule is COc1ccc(-c2cc(N)nc(N)n2)cc1C. The van der Waals surface area contributed by atoms with Crippen LogP contribution < -0.4 is 16.2 Å². The molecule has 0 spiro atoms. The van der Waals surface area contributed by atoms with E-state index >= 15 is 0 Å². The molecule has 17 heavy (non-hydrogen) atoms. The summed E-state index contributed by atoms with van der Waals surface area (Å²) in [6, 6.07) is 7.46. The molecule has 1 heterocycles. The lowest BCUT2D eigenvalue weighted by molar-refractivity contribution is 0.412. The maximum atomic E-state index is 5.64. The predicted octanol–water partition coefficient (Wildman–Crippen LogP) is 1.63. The van der Waals surface area contributed by atoms with Crippen LogP contribution in [-0.2, 0) is 0 Å². The van der Waals surface area contributed by atoms with E-state index in [1.54, 1.807) is 13.2 Å². The summed E-state index contributed by atoms with van der Waals surface area (Å²) < 4.78 is 5.20. The number of ether oxygens (including phenoxy) is 1. The van der Waals surface area contributed by atoms with E-state index in [2.05, 4.69) is 9.97 Å². The van der Waals surface area contributed by atoms with Crippen LogP contribution in [0, 0.1) is 6.92 Å². The zero-order chi connectivity index (χ0) is 12.4. The van der Waals surface area contributed by atoms with E-state index in [0.29, 0.717) is 11.5 Å². The van der Waals surface area contributed by atoms with E-state index in [-0.39, 0.29) is 5.95 Å². The van der Waals surface area contributed by atoms with Gasteiger partial charge in [-0.25, -0.2) is 4.98 Å². The minimum Gasteiger partial charge on any atom is -0.496 e. The van der Waals surface area contributed by atoms with Crippen LogP contribution in [0.3, 0.4) is 0 Å². The second-order valence-corrected chi connectivity index (χ2v) is 3.72. The Bertz CT molecular complexity index is 534. The first-order chi connectivity index (χ1) is 8.10. The third kappa shape index (κ3) is 2.28. The van der Waals surface area contributed by atoms with Crippen molar-refractivity contribution in [3.05, 3.63) is 29.8 Å². The standard InChI is InChI=1S/C12H14N4O/c1-7-5-8(3-4-10(7)17-2)9-6-11(13)16-12(14)15-9/h3-6H,1-2H3,(H4,13,14,15,16). The minimum absolute atomic E-state index is 0.175. The van der Waals surface area contributed by atoms with Gasteiger partial charge in [0, 0.05) is 11.6 Å². The average molecular weight is 230 g/mol. The summed E-state index contributed by atoms with van der Waals surface area (Å²) in [6.07, 6.45) is 0. The molecule has 5 nitrogen and oxygen atoms in total. The van der Waals surface area contributed by atoms with Crippen molar-refractivity contribution in [1.29, 1.82) is 0 Å². The Kier molecular flexibility index (Phi) is 2.82. The van der Waals surface area contributed by atoms with Gasteiger partial charge in [0.25, 0.3) is 0 Å². The summed E-state index contributed by atoms with van der Waals surface area (Å²) in [5.41, 5.74) is 13.9. The zero-order valence-corrected chi connectivity index (χ0v) is 9.77. The average Bonchev–Trinajstić information content (AvgIpc) is 2.27. The molecule has 0 atom stereocenters. The van der Waals surface area contributed by atoms with Gasteiger partial charge in [0.15, 0.2) is 0 Å². The summed E-state index contributed by atoms with van der Waals surface area (Å²) in [6.45, 7) is 1.97. The molecular weight excluding hydrogens is 216 g/mol. The number of hydrogen-bond acceptors (Lipinski definition) is 5. The van der Waals surface area contributed by atoms with Crippen molar-refractivity contribution in [2.24, 2.45) is 0 Å². The number of methoxy groups -OCH3 is 1. The molecule has 0 unspecified atom stereocenters. The number of anilines is 2. The molecule has 0 aliphatic heterocycles. The van der Waals surface area contributed by atoms with Crippen LogP contribution in [0.5, 0.6) is 5.75 Å². The molecule has 0 bridgehead atoms. The van der Waals surface area contributed by atoms with Crippen LogP contribution in [0.15, 0.2) is 24.3 Å². The van der Waals surface area contributed by atoms with E-state index in [9.17, 15) is 0 Å². The van der Waals surface area contributed by atoms with Crippen molar-refractivity contribution in [2.75, 3.05) is 18.6 Å². The number of rotatable bonds is 2. The highest BCUT2D eigenvalue weighted by Gasteiger charge is 2.05. The molecule has 1 aromatic carbocycles. The monoisotopic (exact) mass is 230 g/mol. The molecule has 0 saturated carbocycles. The first kappa shape index (κ1) is 11.2. The van der Waals surface area contributed by atoms with E-state index in [1.807, 2.05) is 25.1 Å². The Morgan fingerprint density at radius 3 is 2.47 bits per heavy atom. The molecule has 88 valence electrons. The van der Waals surface area contributed by atoms with Crippen molar-refractivity contribution in [2.45, 2.75) is 6.92 Å². The third-order valence-corrected chi connectivity index (χ3v) is 2.45. The van der Waals surface area contributed by atoms with Crippen molar-refractivity contribution >= 4 is 11.8 Å². The molecule has 0 aliphatic rings. The molecule has 2 rings (SSSR count). The molecule has 0 aliphatic carbocycles. The predicted molar refractivity (Wildman–Crippen MR) is 67.6 cm³/mol. The van der Waals surface area contributed by atoms with E-state index in [4.69, 9.17) is 16.2 Å². The lowest BCUT2D eigenvalue weighted by Gasteiger charge is -2.07. The van der Waals surface area contributed by atoms with Crippen LogP contribution >= 0.6 is 0 Å². The number of nitrogens with two attached hydrogens (primary N) is 2. The molecular formula is C12H14N4O. The maximum Gasteiger partial charge on any atom is 0.222 e. The first-order valence-corrected chi connectivity index (χ1v) is 5.15. The lowest BCUT2D eigenvalue weighted by atomic mass is 10.1. The van der Waals surface area contributed by atoms with Gasteiger partial charge in [0.1, 0.15) is 11.6 Å². The van der Waals surface area contributed by atoms with Crippen LogP contribution in [0.1, 0.15) is 5.56 Å². The lowest BCUT2D eigenvalue weighted by Crippen LogP contribution is -2.00. The highest BCUT2D eigenvalue weighted by atomic mass is 16.5. The van der Waals surface area contributed by atoms with Gasteiger partial charge < -0.3 is 16.2 Å². The molecule has 1 aromatic heterocycles. The van der Waals surface area contributed by atoms with Gasteiger partial charge in [-0.05, 0) is 30.7 Å². The summed E-state index contributed by atoms with van der Waals surface area (Å²) in [4.78, 5) is 7.98. The normalized spacial score (nSPS) is 10.2. The zero-order valence-electron chi connectivity index (χ0n) is 9.77. The molecule has 2 aromatic rings. The fourth-order valence-corrected chi connectivity index (χ4v) is 1.67. The Hall–Kier alpha value is -2.30. The van der Waals surface area contributed by atoms with E-state index < -0.39 is 0 Å². The van der Waals surface area contributed by atoms with Gasteiger partial charge >= 0.3 is 0 Å². The van der Waals surface area contributed by atoms with Crippen molar-refractivity contribution in [3.63, 3.8) is 0 Å². The number of nitrogens with zero attached hydrogens (tertiary/aromatic N) is 2. The van der Waals surface area contributed by atoms with Crippen LogP contribution in [0.2, 0.25) is 0 Å². The second-order valence-electron chi connectivity index (χ2n) is 3.72. The molecule has 5 heteroatoms. The topological polar surface area (TPSA) is 87.0 Å². The number of aromatic nitrogens is 2. The van der Waals surface area contributed by atoms with Gasteiger partial charge in [-0.1, -0.05) is 0 Å². The highest BCUT2D eigenvalue weighted by Crippen LogP contribution is 2.25. The Labute approximate surface area is 99.5 Å². The van der Waals surface area contributed by atoms with E-state index in [1.165, 1.54) is 0 Å². The first-order valence-electron chi connectivity index (χ1n) is 5.15. The largest absolute Gasteiger partial charge is 0.496 e. The fraction of sp³-hybridized carbons (Fsp3) is 0.167. The molecule has 0 saturated heterocycles. The van der Waals surface area contributed by atoms with Gasteiger partial charge in [-0.3, -0.25) is 0 Å². The van der Waals surface area contributed by atoms with Gasteiger partial charge in [0.05, 0.1) is 12.8 Å². The summed E-state index contributed by atoms with van der Waals surface area (Å²) in [7, 11) is 1.64. The molecule has 0 amide bonds. The number of aryl methyl sites for hydroxylation is 1. The van der Waals surface area contributed by atoms with Crippen LogP contribution in [-0.4, -0.2) is 17.1 Å². The smallest absolute Gasteiger partial charge is 0.222 e. The molecule has 0 fully saturated rings. The van der Waals surface area contributed by atoms with Crippen molar-refractivity contribution in [3.8, 4) is 17.0 Å². The maximum absolute atomic E-state index is 5.64. The van der Waals surface area contributed by atoms with Crippen molar-refractivity contribution < 1.29 is 4.74 Å². The van der Waals surface area contributed by atoms with Gasteiger partial charge in [-0.15, -0.1) is 0 Å². The highest BCUT2D eigenvalue weighted by molar-refractivity contribution is 5.65. The number of hydrogen-bond donors (Lipinski definition) is 2. The Morgan fingerprint density at radius 2 is 1.88 bits per heavy atom. The minimum atomic E-state index is 0.175. The summed E-state index contributed by atoms with van der Waals surface area (Å²) in [5.74, 6) is 1.37. The number of benzene rings is 1. The molecule has 0 radical (unpaired) electrons. The van der Waals surface area contributed by atoms with Crippen molar-refractivity contribution in [1.82, 2.24) is 9.97 Å². The van der Waals surface area contributed by atoms with Crippen LogP contribution in [0.25, 0.3) is 11.3 Å². The number of nitrogen functional groups attached to an aromatic ring is 2. The van der Waals surface area contributed by atoms with Gasteiger partial charge in [-0.2, -0.15) is 4.98 Å². The fourth-order valence-electron chi connectivity index (χ4n) is 1.67. The summed E-state index contributed by atoms with van der Waals surface area (Å²) in [5, 5.41) is 0.